The van der Waals surface area contributed by atoms with Gasteiger partial charge in [0, 0.05) is 0 Å². The zero-order valence-corrected chi connectivity index (χ0v) is 16.0. The number of nitrogens with zero attached hydrogens (tertiary/aromatic N) is 1. The summed E-state index contributed by atoms with van der Waals surface area (Å²) in [7, 11) is 4.08. The van der Waals surface area contributed by atoms with Gasteiger partial charge in [-0.1, -0.05) is 61.0 Å². The lowest BCUT2D eigenvalue weighted by atomic mass is 9.84. The number of amides is 1. The fourth-order valence-electron chi connectivity index (χ4n) is 3.24. The number of hydrogen-bond acceptors (Lipinski definition) is 3. The summed E-state index contributed by atoms with van der Waals surface area (Å²) < 4.78 is 0. The Hall–Kier alpha value is -2.17. The van der Waals surface area contributed by atoms with Crippen molar-refractivity contribution < 1.29 is 9.90 Å². The molecule has 0 heterocycles. The Labute approximate surface area is 156 Å². The molecule has 26 heavy (non-hydrogen) atoms. The van der Waals surface area contributed by atoms with Crippen molar-refractivity contribution in [1.82, 2.24) is 4.90 Å². The van der Waals surface area contributed by atoms with Crippen molar-refractivity contribution in [3.8, 4) is 0 Å². The molecule has 0 fully saturated rings. The first-order valence-corrected chi connectivity index (χ1v) is 9.14. The van der Waals surface area contributed by atoms with Gasteiger partial charge in [-0.05, 0) is 57.1 Å². The maximum absolute atomic E-state index is 12.0. The van der Waals surface area contributed by atoms with Gasteiger partial charge >= 0.3 is 0 Å². The van der Waals surface area contributed by atoms with E-state index < -0.39 is 5.60 Å². The molecule has 0 bridgehead atoms. The second-order valence-electron chi connectivity index (χ2n) is 7.32. The van der Waals surface area contributed by atoms with Crippen LogP contribution in [-0.2, 0) is 10.4 Å². The molecule has 4 nitrogen and oxygen atoms in total. The average molecular weight is 354 g/mol. The fraction of sp³-hybridized carbons (Fsp3) is 0.409. The molecule has 2 unspecified atom stereocenters. The Morgan fingerprint density at radius 3 is 2.35 bits per heavy atom. The van der Waals surface area contributed by atoms with Gasteiger partial charge in [0.25, 0.3) is 0 Å². The van der Waals surface area contributed by atoms with E-state index in [1.54, 1.807) is 6.92 Å². The Morgan fingerprint density at radius 2 is 1.73 bits per heavy atom. The second-order valence-corrected chi connectivity index (χ2v) is 7.32. The Kier molecular flexibility index (Phi) is 6.95. The van der Waals surface area contributed by atoms with Crippen LogP contribution in [0.2, 0.25) is 0 Å². The molecule has 2 aromatic rings. The highest BCUT2D eigenvalue weighted by Crippen LogP contribution is 2.32. The normalized spacial score (nSPS) is 14.8. The molecule has 1 amide bonds. The number of benzene rings is 2. The maximum Gasteiger partial charge on any atom is 0.224 e. The number of hydrogen-bond donors (Lipinski definition) is 2. The molecular formula is C22H30N2O2. The first kappa shape index (κ1) is 20.1. The van der Waals surface area contributed by atoms with Gasteiger partial charge in [0.1, 0.15) is 5.60 Å². The van der Waals surface area contributed by atoms with Crippen LogP contribution in [0, 0.1) is 0 Å². The average Bonchev–Trinajstić information content (AvgIpc) is 2.62. The van der Waals surface area contributed by atoms with Crippen LogP contribution >= 0.6 is 0 Å². The van der Waals surface area contributed by atoms with Gasteiger partial charge in [-0.3, -0.25) is 4.79 Å². The third-order valence-corrected chi connectivity index (χ3v) is 4.88. The van der Waals surface area contributed by atoms with Crippen molar-refractivity contribution in [2.24, 2.45) is 5.73 Å². The number of nitrogens with two attached hydrogens (primary N) is 1. The SMILES string of the molecule is CN(C)CCCCC(C(N)=O)c1cccc(C(C)(O)c2ccccc2)c1. The molecule has 4 heteroatoms. The zero-order chi connectivity index (χ0) is 19.2. The lowest BCUT2D eigenvalue weighted by Crippen LogP contribution is -2.25. The minimum Gasteiger partial charge on any atom is -0.381 e. The van der Waals surface area contributed by atoms with Crippen molar-refractivity contribution in [2.45, 2.75) is 37.7 Å². The summed E-state index contributed by atoms with van der Waals surface area (Å²) in [5.74, 6) is -0.643. The maximum atomic E-state index is 12.0. The molecule has 3 N–H and O–H groups in total. The van der Waals surface area contributed by atoms with Gasteiger partial charge in [0.05, 0.1) is 5.92 Å². The molecule has 0 saturated heterocycles. The predicted octanol–water partition coefficient (Wildman–Crippen LogP) is 3.24. The summed E-state index contributed by atoms with van der Waals surface area (Å²) in [5, 5.41) is 11.1. The Bertz CT molecular complexity index is 711. The first-order chi connectivity index (χ1) is 12.3. The van der Waals surface area contributed by atoms with Crippen LogP contribution in [0.4, 0.5) is 0 Å². The smallest absolute Gasteiger partial charge is 0.224 e. The van der Waals surface area contributed by atoms with Crippen molar-refractivity contribution >= 4 is 5.91 Å². The van der Waals surface area contributed by atoms with E-state index in [0.717, 1.165) is 42.5 Å². The molecule has 0 aromatic heterocycles. The van der Waals surface area contributed by atoms with Gasteiger partial charge in [-0.2, -0.15) is 0 Å². The van der Waals surface area contributed by atoms with E-state index in [4.69, 9.17) is 5.73 Å². The molecule has 2 rings (SSSR count). The monoisotopic (exact) mass is 354 g/mol. The van der Waals surface area contributed by atoms with E-state index in [9.17, 15) is 9.90 Å². The molecule has 0 aliphatic rings. The molecule has 2 aromatic carbocycles. The number of rotatable bonds is 9. The first-order valence-electron chi connectivity index (χ1n) is 9.14. The summed E-state index contributed by atoms with van der Waals surface area (Å²) >= 11 is 0. The lowest BCUT2D eigenvalue weighted by molar-refractivity contribution is -0.119. The van der Waals surface area contributed by atoms with Crippen LogP contribution in [0.5, 0.6) is 0 Å². The van der Waals surface area contributed by atoms with E-state index in [2.05, 4.69) is 4.90 Å². The van der Waals surface area contributed by atoms with Crippen LogP contribution in [0.25, 0.3) is 0 Å². The van der Waals surface area contributed by atoms with Gasteiger partial charge in [0.15, 0.2) is 0 Å². The lowest BCUT2D eigenvalue weighted by Gasteiger charge is -2.26. The summed E-state index contributed by atoms with van der Waals surface area (Å²) in [6.07, 6.45) is 2.68. The molecule has 2 atom stereocenters. The molecule has 0 spiro atoms. The van der Waals surface area contributed by atoms with Gasteiger partial charge in [-0.15, -0.1) is 0 Å². The number of carbonyl (C=O) groups is 1. The van der Waals surface area contributed by atoms with Crippen molar-refractivity contribution in [3.63, 3.8) is 0 Å². The van der Waals surface area contributed by atoms with Gasteiger partial charge in [-0.25, -0.2) is 0 Å². The molecular weight excluding hydrogens is 324 g/mol. The third-order valence-electron chi connectivity index (χ3n) is 4.88. The highest BCUT2D eigenvalue weighted by Gasteiger charge is 2.27. The predicted molar refractivity (Wildman–Crippen MR) is 106 cm³/mol. The molecule has 0 aliphatic heterocycles. The molecule has 0 aliphatic carbocycles. The van der Waals surface area contributed by atoms with Crippen molar-refractivity contribution in [3.05, 3.63) is 71.3 Å². The van der Waals surface area contributed by atoms with E-state index in [1.165, 1.54) is 0 Å². The largest absolute Gasteiger partial charge is 0.381 e. The van der Waals surface area contributed by atoms with Crippen LogP contribution in [0.3, 0.4) is 0 Å². The van der Waals surface area contributed by atoms with E-state index in [-0.39, 0.29) is 11.8 Å². The standard InChI is InChI=1S/C22H30N2O2/c1-22(26,18-11-5-4-6-12-18)19-13-9-10-17(16-19)20(21(23)25)14-7-8-15-24(2)3/h4-6,9-13,16,20,26H,7-8,14-15H2,1-3H3,(H2,23,25). The number of aliphatic hydroxyl groups is 1. The third kappa shape index (κ3) is 5.16. The van der Waals surface area contributed by atoms with E-state index in [0.29, 0.717) is 0 Å². The minimum atomic E-state index is -1.12. The zero-order valence-electron chi connectivity index (χ0n) is 16.0. The number of primary amides is 1. The Morgan fingerprint density at radius 1 is 1.08 bits per heavy atom. The second kappa shape index (κ2) is 8.97. The minimum absolute atomic E-state index is 0.314. The van der Waals surface area contributed by atoms with E-state index in [1.807, 2.05) is 68.7 Å². The van der Waals surface area contributed by atoms with Gasteiger partial charge in [0.2, 0.25) is 5.91 Å². The van der Waals surface area contributed by atoms with Crippen molar-refractivity contribution in [2.75, 3.05) is 20.6 Å². The number of carbonyl (C=O) groups excluding carboxylic acids is 1. The van der Waals surface area contributed by atoms with E-state index >= 15 is 0 Å². The van der Waals surface area contributed by atoms with Crippen LogP contribution in [0.1, 0.15) is 48.8 Å². The summed E-state index contributed by atoms with van der Waals surface area (Å²) in [4.78, 5) is 14.1. The quantitative estimate of drug-likeness (QED) is 0.679. The number of unbranched alkanes of at least 4 members (excludes halogenated alkanes) is 1. The van der Waals surface area contributed by atoms with Crippen LogP contribution in [-0.4, -0.2) is 36.6 Å². The highest BCUT2D eigenvalue weighted by molar-refractivity contribution is 5.82. The molecule has 0 saturated carbocycles. The van der Waals surface area contributed by atoms with Crippen molar-refractivity contribution in [1.29, 1.82) is 0 Å². The fourth-order valence-corrected chi connectivity index (χ4v) is 3.24. The van der Waals surface area contributed by atoms with Gasteiger partial charge < -0.3 is 15.7 Å². The highest BCUT2D eigenvalue weighted by atomic mass is 16.3. The Balaban J connectivity index is 2.21. The summed E-state index contributed by atoms with van der Waals surface area (Å²) in [6, 6.07) is 17.2. The topological polar surface area (TPSA) is 66.6 Å². The van der Waals surface area contributed by atoms with Crippen LogP contribution < -0.4 is 5.73 Å². The molecule has 0 radical (unpaired) electrons. The summed E-state index contributed by atoms with van der Waals surface area (Å²) in [5.41, 5.74) is 7.00. The summed E-state index contributed by atoms with van der Waals surface area (Å²) in [6.45, 7) is 2.77. The van der Waals surface area contributed by atoms with Crippen LogP contribution in [0.15, 0.2) is 54.6 Å². The molecule has 140 valence electrons.